The molecule has 0 radical (unpaired) electrons. The Balaban J connectivity index is 2.77. The van der Waals surface area contributed by atoms with Crippen LogP contribution < -0.4 is 0 Å². The van der Waals surface area contributed by atoms with Gasteiger partial charge >= 0.3 is 0 Å². The molecule has 0 spiro atoms. The van der Waals surface area contributed by atoms with Crippen molar-refractivity contribution in [3.63, 3.8) is 0 Å². The second-order valence-electron chi connectivity index (χ2n) is 2.07. The molecular formula is C7H8BrO2P. The quantitative estimate of drug-likeness (QED) is 0.610. The summed E-state index contributed by atoms with van der Waals surface area (Å²) in [7, 11) is -1.92. The molecular weight excluding hydrogens is 227 g/mol. The monoisotopic (exact) mass is 234 g/mol. The molecule has 0 fully saturated rings. The van der Waals surface area contributed by atoms with E-state index in [1.165, 1.54) is 0 Å². The molecule has 0 saturated carbocycles. The summed E-state index contributed by atoms with van der Waals surface area (Å²) in [4.78, 5) is 17.7. The van der Waals surface area contributed by atoms with Crippen LogP contribution in [0.1, 0.15) is 10.1 Å². The summed E-state index contributed by atoms with van der Waals surface area (Å²) in [5, 5.41) is 0. The normalized spacial score (nSPS) is 13.5. The molecule has 4 heteroatoms. The first-order valence-electron chi connectivity index (χ1n) is 3.08. The third kappa shape index (κ3) is 2.53. The summed E-state index contributed by atoms with van der Waals surface area (Å²) in [6.07, 6.45) is 0. The number of halogens is 1. The Labute approximate surface area is 74.9 Å². The average Bonchev–Trinajstić information content (AvgIpc) is 2.05. The van der Waals surface area contributed by atoms with Crippen molar-refractivity contribution >= 4 is 24.3 Å². The van der Waals surface area contributed by atoms with Gasteiger partial charge in [-0.2, -0.15) is 0 Å². The highest BCUT2D eigenvalue weighted by Crippen LogP contribution is 2.48. The van der Waals surface area contributed by atoms with Gasteiger partial charge < -0.3 is 9.79 Å². The predicted molar refractivity (Wildman–Crippen MR) is 49.5 cm³/mol. The van der Waals surface area contributed by atoms with Gasteiger partial charge in [-0.05, 0) is 5.56 Å². The molecule has 0 heterocycles. The van der Waals surface area contributed by atoms with Crippen molar-refractivity contribution < 1.29 is 9.79 Å². The van der Waals surface area contributed by atoms with Crippen LogP contribution in [0.3, 0.4) is 0 Å². The lowest BCUT2D eigenvalue weighted by atomic mass is 10.2. The van der Waals surface area contributed by atoms with Gasteiger partial charge in [-0.1, -0.05) is 46.3 Å². The van der Waals surface area contributed by atoms with Crippen molar-refractivity contribution in [2.45, 2.75) is 4.57 Å². The van der Waals surface area contributed by atoms with Gasteiger partial charge in [-0.3, -0.25) is 0 Å². The number of rotatable bonds is 2. The number of hydrogen-bond donors (Lipinski definition) is 2. The first-order chi connectivity index (χ1) is 5.22. The molecule has 0 aliphatic carbocycles. The van der Waals surface area contributed by atoms with Gasteiger partial charge in [0.1, 0.15) is 4.57 Å². The van der Waals surface area contributed by atoms with E-state index in [0.29, 0.717) is 0 Å². The molecule has 2 nitrogen and oxygen atoms in total. The molecule has 0 aliphatic heterocycles. The highest BCUT2D eigenvalue weighted by atomic mass is 79.9. The first-order valence-corrected chi connectivity index (χ1v) is 5.31. The lowest BCUT2D eigenvalue weighted by molar-refractivity contribution is 0.481. The maximum atomic E-state index is 8.85. The Morgan fingerprint density at radius 2 is 1.73 bits per heavy atom. The molecule has 0 bridgehead atoms. The molecule has 0 aromatic heterocycles. The fourth-order valence-corrected chi connectivity index (χ4v) is 1.49. The van der Waals surface area contributed by atoms with E-state index in [0.717, 1.165) is 5.56 Å². The number of benzene rings is 1. The predicted octanol–water partition coefficient (Wildman–Crippen LogP) is 2.38. The van der Waals surface area contributed by atoms with Crippen molar-refractivity contribution in [3.8, 4) is 0 Å². The van der Waals surface area contributed by atoms with E-state index >= 15 is 0 Å². The lowest BCUT2D eigenvalue weighted by Gasteiger charge is -2.09. The zero-order chi connectivity index (χ0) is 8.27. The van der Waals surface area contributed by atoms with Crippen molar-refractivity contribution in [3.05, 3.63) is 35.9 Å². The largest absolute Gasteiger partial charge is 0.349 e. The van der Waals surface area contributed by atoms with Gasteiger partial charge in [0.2, 0.25) is 0 Å². The minimum atomic E-state index is -1.92. The summed E-state index contributed by atoms with van der Waals surface area (Å²) < 4.78 is -0.335. The third-order valence-electron chi connectivity index (χ3n) is 1.28. The van der Waals surface area contributed by atoms with E-state index in [4.69, 9.17) is 9.79 Å². The molecule has 1 aromatic rings. The number of hydrogen-bond acceptors (Lipinski definition) is 2. The molecule has 1 atom stereocenters. The smallest absolute Gasteiger partial charge is 0.184 e. The Kier molecular flexibility index (Phi) is 3.46. The highest BCUT2D eigenvalue weighted by molar-refractivity contribution is 9.10. The summed E-state index contributed by atoms with van der Waals surface area (Å²) in [5.74, 6) is 0. The first kappa shape index (κ1) is 9.14. The summed E-state index contributed by atoms with van der Waals surface area (Å²) in [5.41, 5.74) is 0.892. The maximum absolute atomic E-state index is 8.85. The van der Waals surface area contributed by atoms with Crippen molar-refractivity contribution in [2.24, 2.45) is 0 Å². The second kappa shape index (κ2) is 4.17. The topological polar surface area (TPSA) is 40.5 Å². The molecule has 1 rings (SSSR count). The van der Waals surface area contributed by atoms with E-state index in [9.17, 15) is 0 Å². The molecule has 1 unspecified atom stereocenters. The van der Waals surface area contributed by atoms with Crippen LogP contribution in [0.25, 0.3) is 0 Å². The standard InChI is InChI=1S/C7H8BrO2P/c8-7(11(9)10)6-4-2-1-3-5-6/h1-5,7,9-10H. The Morgan fingerprint density at radius 3 is 2.18 bits per heavy atom. The van der Waals surface area contributed by atoms with Gasteiger partial charge in [0.25, 0.3) is 0 Å². The Hall–Kier alpha value is 0.0500. The third-order valence-corrected chi connectivity index (χ3v) is 3.61. The van der Waals surface area contributed by atoms with E-state index < -0.39 is 8.38 Å². The highest BCUT2D eigenvalue weighted by Gasteiger charge is 2.14. The number of alkyl halides is 1. The van der Waals surface area contributed by atoms with Gasteiger partial charge in [0.15, 0.2) is 8.38 Å². The summed E-state index contributed by atoms with van der Waals surface area (Å²) >= 11 is 3.18. The molecule has 11 heavy (non-hydrogen) atoms. The van der Waals surface area contributed by atoms with Gasteiger partial charge in [0, 0.05) is 0 Å². The SMILES string of the molecule is OP(O)C(Br)c1ccccc1. The van der Waals surface area contributed by atoms with E-state index in [2.05, 4.69) is 15.9 Å². The minimum absolute atomic E-state index is 0.335. The summed E-state index contributed by atoms with van der Waals surface area (Å²) in [6.45, 7) is 0. The molecule has 2 N–H and O–H groups in total. The van der Waals surface area contributed by atoms with E-state index in [1.54, 1.807) is 0 Å². The van der Waals surface area contributed by atoms with Crippen LogP contribution in [0, 0.1) is 0 Å². The lowest BCUT2D eigenvalue weighted by Crippen LogP contribution is -1.85. The fourth-order valence-electron chi connectivity index (χ4n) is 0.745. The van der Waals surface area contributed by atoms with Crippen LogP contribution in [0.15, 0.2) is 30.3 Å². The average molecular weight is 235 g/mol. The molecule has 0 aliphatic rings. The van der Waals surface area contributed by atoms with E-state index in [-0.39, 0.29) is 4.57 Å². The second-order valence-corrected chi connectivity index (χ2v) is 4.85. The van der Waals surface area contributed by atoms with Crippen molar-refractivity contribution in [1.82, 2.24) is 0 Å². The van der Waals surface area contributed by atoms with Gasteiger partial charge in [0.05, 0.1) is 0 Å². The fraction of sp³-hybridized carbons (Fsp3) is 0.143. The van der Waals surface area contributed by atoms with Crippen LogP contribution in [0.2, 0.25) is 0 Å². The molecule has 1 aromatic carbocycles. The van der Waals surface area contributed by atoms with Gasteiger partial charge in [-0.15, -0.1) is 0 Å². The van der Waals surface area contributed by atoms with Crippen LogP contribution >= 0.6 is 24.3 Å². The Morgan fingerprint density at radius 1 is 1.18 bits per heavy atom. The summed E-state index contributed by atoms with van der Waals surface area (Å²) in [6, 6.07) is 9.31. The van der Waals surface area contributed by atoms with Crippen LogP contribution in [0.4, 0.5) is 0 Å². The van der Waals surface area contributed by atoms with Crippen LogP contribution in [-0.2, 0) is 0 Å². The zero-order valence-corrected chi connectivity index (χ0v) is 8.16. The van der Waals surface area contributed by atoms with E-state index in [1.807, 2.05) is 30.3 Å². The minimum Gasteiger partial charge on any atom is -0.349 e. The Bertz CT molecular complexity index is 215. The molecule has 60 valence electrons. The van der Waals surface area contributed by atoms with Crippen LogP contribution in [0.5, 0.6) is 0 Å². The molecule has 0 saturated heterocycles. The van der Waals surface area contributed by atoms with Crippen molar-refractivity contribution in [2.75, 3.05) is 0 Å². The van der Waals surface area contributed by atoms with Crippen LogP contribution in [-0.4, -0.2) is 9.79 Å². The molecule has 0 amide bonds. The zero-order valence-electron chi connectivity index (χ0n) is 5.68. The van der Waals surface area contributed by atoms with Gasteiger partial charge in [-0.25, -0.2) is 0 Å². The van der Waals surface area contributed by atoms with Crippen molar-refractivity contribution in [1.29, 1.82) is 0 Å². The maximum Gasteiger partial charge on any atom is 0.184 e.